The highest BCUT2D eigenvalue weighted by Crippen LogP contribution is 2.36. The Hall–Kier alpha value is -3.02. The summed E-state index contributed by atoms with van der Waals surface area (Å²) in [5.74, 6) is 0.608. The number of rotatable bonds is 4. The van der Waals surface area contributed by atoms with Gasteiger partial charge >= 0.3 is 6.18 Å². The summed E-state index contributed by atoms with van der Waals surface area (Å²) >= 11 is 0. The maximum Gasteiger partial charge on any atom is 0.417 e. The standard InChI is InChI=1S/C20H18F3N3/c1-14(25-2)26-13-16-9-7-15(8-10-16)11-19(20(21,22)23)18-6-4-3-5-17(18)12-24/h3-13,24H,1-2H3/b19-11-,24-12?,25-14?,26-13?. The highest BCUT2D eigenvalue weighted by atomic mass is 19.4. The molecule has 0 aliphatic heterocycles. The van der Waals surface area contributed by atoms with E-state index in [0.29, 0.717) is 11.4 Å². The van der Waals surface area contributed by atoms with E-state index in [-0.39, 0.29) is 11.1 Å². The van der Waals surface area contributed by atoms with E-state index in [1.54, 1.807) is 50.5 Å². The van der Waals surface area contributed by atoms with Gasteiger partial charge in [0.2, 0.25) is 0 Å². The number of hydrogen-bond donors (Lipinski definition) is 1. The van der Waals surface area contributed by atoms with Crippen LogP contribution in [0.4, 0.5) is 13.2 Å². The van der Waals surface area contributed by atoms with Crippen LogP contribution in [-0.4, -0.2) is 31.5 Å². The number of nitrogens with one attached hydrogen (secondary N) is 1. The lowest BCUT2D eigenvalue weighted by Crippen LogP contribution is -2.12. The molecule has 0 bridgehead atoms. The Morgan fingerprint density at radius 3 is 2.19 bits per heavy atom. The molecular formula is C20H18F3N3. The molecule has 0 amide bonds. The Kier molecular flexibility index (Phi) is 6.22. The molecule has 2 rings (SSSR count). The largest absolute Gasteiger partial charge is 0.417 e. The molecule has 0 unspecified atom stereocenters. The van der Waals surface area contributed by atoms with Gasteiger partial charge in [-0.15, -0.1) is 0 Å². The lowest BCUT2D eigenvalue weighted by atomic mass is 9.97. The average Bonchev–Trinajstić information content (AvgIpc) is 2.64. The molecule has 6 heteroatoms. The van der Waals surface area contributed by atoms with Crippen molar-refractivity contribution in [1.82, 2.24) is 0 Å². The van der Waals surface area contributed by atoms with Crippen molar-refractivity contribution in [2.75, 3.05) is 7.05 Å². The lowest BCUT2D eigenvalue weighted by molar-refractivity contribution is -0.0683. The zero-order valence-electron chi connectivity index (χ0n) is 14.4. The van der Waals surface area contributed by atoms with Crippen molar-refractivity contribution in [3.63, 3.8) is 0 Å². The van der Waals surface area contributed by atoms with Crippen LogP contribution in [0, 0.1) is 5.41 Å². The number of aliphatic imine (C=N–C) groups is 2. The molecule has 1 N–H and O–H groups in total. The number of allylic oxidation sites excluding steroid dienone is 1. The zero-order chi connectivity index (χ0) is 19.2. The van der Waals surface area contributed by atoms with E-state index in [0.717, 1.165) is 17.9 Å². The first-order valence-corrected chi connectivity index (χ1v) is 7.81. The SMILES string of the molecule is CN=C(C)N=Cc1ccc(/C=C(/c2ccccc2C=N)C(F)(F)F)cc1. The smallest absolute Gasteiger partial charge is 0.308 e. The summed E-state index contributed by atoms with van der Waals surface area (Å²) in [6.07, 6.45) is -0.924. The summed E-state index contributed by atoms with van der Waals surface area (Å²) < 4.78 is 40.7. The van der Waals surface area contributed by atoms with Crippen LogP contribution in [0.25, 0.3) is 11.6 Å². The van der Waals surface area contributed by atoms with E-state index >= 15 is 0 Å². The van der Waals surface area contributed by atoms with Gasteiger partial charge < -0.3 is 5.41 Å². The second-order valence-corrected chi connectivity index (χ2v) is 5.48. The van der Waals surface area contributed by atoms with Gasteiger partial charge in [-0.05, 0) is 35.3 Å². The third-order valence-electron chi connectivity index (χ3n) is 3.68. The minimum atomic E-state index is -4.53. The number of alkyl halides is 3. The van der Waals surface area contributed by atoms with Crippen molar-refractivity contribution in [3.8, 4) is 0 Å². The molecule has 0 fully saturated rings. The second-order valence-electron chi connectivity index (χ2n) is 5.48. The van der Waals surface area contributed by atoms with Gasteiger partial charge in [0.25, 0.3) is 0 Å². The van der Waals surface area contributed by atoms with Gasteiger partial charge in [0.05, 0.1) is 5.57 Å². The van der Waals surface area contributed by atoms with E-state index in [1.807, 2.05) is 0 Å². The van der Waals surface area contributed by atoms with Crippen molar-refractivity contribution in [2.45, 2.75) is 13.1 Å². The maximum atomic E-state index is 13.6. The molecule has 3 nitrogen and oxygen atoms in total. The number of hydrogen-bond acceptors (Lipinski definition) is 2. The Morgan fingerprint density at radius 2 is 1.62 bits per heavy atom. The van der Waals surface area contributed by atoms with Crippen molar-refractivity contribution in [2.24, 2.45) is 9.98 Å². The van der Waals surface area contributed by atoms with E-state index in [1.165, 1.54) is 18.2 Å². The number of benzene rings is 2. The topological polar surface area (TPSA) is 48.6 Å². The lowest BCUT2D eigenvalue weighted by Gasteiger charge is -2.14. The van der Waals surface area contributed by atoms with Gasteiger partial charge in [-0.25, -0.2) is 4.99 Å². The molecule has 0 aromatic heterocycles. The van der Waals surface area contributed by atoms with Crippen LogP contribution in [0.2, 0.25) is 0 Å². The molecule has 134 valence electrons. The van der Waals surface area contributed by atoms with Crippen LogP contribution in [0.3, 0.4) is 0 Å². The van der Waals surface area contributed by atoms with Crippen LogP contribution in [0.1, 0.15) is 29.2 Å². The zero-order valence-corrected chi connectivity index (χ0v) is 14.4. The first-order chi connectivity index (χ1) is 12.3. The molecular weight excluding hydrogens is 339 g/mol. The predicted octanol–water partition coefficient (Wildman–Crippen LogP) is 5.25. The number of nitrogens with zero attached hydrogens (tertiary/aromatic N) is 2. The van der Waals surface area contributed by atoms with Gasteiger partial charge in [-0.2, -0.15) is 13.2 Å². The number of halogens is 3. The minimum absolute atomic E-state index is 0.0181. The van der Waals surface area contributed by atoms with E-state index in [4.69, 9.17) is 5.41 Å². The number of amidine groups is 1. The van der Waals surface area contributed by atoms with Gasteiger partial charge in [0, 0.05) is 19.5 Å². The fraction of sp³-hybridized carbons (Fsp3) is 0.150. The van der Waals surface area contributed by atoms with Gasteiger partial charge in [-0.3, -0.25) is 4.99 Å². The Morgan fingerprint density at radius 1 is 1.00 bits per heavy atom. The molecule has 0 saturated carbocycles. The predicted molar refractivity (Wildman–Crippen MR) is 101 cm³/mol. The van der Waals surface area contributed by atoms with Crippen LogP contribution in [0.15, 0.2) is 58.5 Å². The summed E-state index contributed by atoms with van der Waals surface area (Å²) in [4.78, 5) is 8.02. The molecule has 2 aromatic carbocycles. The maximum absolute atomic E-state index is 13.6. The normalized spacial score (nSPS) is 13.3. The van der Waals surface area contributed by atoms with Gasteiger partial charge in [-0.1, -0.05) is 48.5 Å². The molecule has 0 heterocycles. The van der Waals surface area contributed by atoms with Crippen LogP contribution in [-0.2, 0) is 0 Å². The summed E-state index contributed by atoms with van der Waals surface area (Å²) in [6.45, 7) is 1.75. The van der Waals surface area contributed by atoms with Crippen LogP contribution >= 0.6 is 0 Å². The molecule has 0 saturated heterocycles. The van der Waals surface area contributed by atoms with Crippen molar-refractivity contribution in [1.29, 1.82) is 5.41 Å². The molecule has 0 radical (unpaired) electrons. The molecule has 26 heavy (non-hydrogen) atoms. The van der Waals surface area contributed by atoms with E-state index in [9.17, 15) is 13.2 Å². The van der Waals surface area contributed by atoms with E-state index in [2.05, 4.69) is 9.98 Å². The molecule has 0 atom stereocenters. The fourth-order valence-electron chi connectivity index (χ4n) is 2.25. The molecule has 0 spiro atoms. The summed E-state index contributed by atoms with van der Waals surface area (Å²) in [5, 5.41) is 7.34. The molecule has 2 aromatic rings. The van der Waals surface area contributed by atoms with E-state index < -0.39 is 11.7 Å². The summed E-state index contributed by atoms with van der Waals surface area (Å²) in [5.41, 5.74) is 0.588. The Bertz CT molecular complexity index is 861. The minimum Gasteiger partial charge on any atom is -0.308 e. The highest BCUT2D eigenvalue weighted by molar-refractivity contribution is 5.95. The quantitative estimate of drug-likeness (QED) is 0.441. The monoisotopic (exact) mass is 357 g/mol. The Balaban J connectivity index is 2.42. The average molecular weight is 357 g/mol. The fourth-order valence-corrected chi connectivity index (χ4v) is 2.25. The Labute approximate surface area is 150 Å². The first kappa shape index (κ1) is 19.3. The van der Waals surface area contributed by atoms with Crippen LogP contribution < -0.4 is 0 Å². The molecule has 0 aliphatic rings. The van der Waals surface area contributed by atoms with Gasteiger partial charge in [0.15, 0.2) is 0 Å². The van der Waals surface area contributed by atoms with Crippen molar-refractivity contribution in [3.05, 3.63) is 70.8 Å². The van der Waals surface area contributed by atoms with Crippen molar-refractivity contribution >= 4 is 29.9 Å². The van der Waals surface area contributed by atoms with Gasteiger partial charge in [0.1, 0.15) is 5.84 Å². The summed E-state index contributed by atoms with van der Waals surface area (Å²) in [7, 11) is 1.63. The first-order valence-electron chi connectivity index (χ1n) is 7.81. The molecule has 0 aliphatic carbocycles. The third-order valence-corrected chi connectivity index (χ3v) is 3.68. The van der Waals surface area contributed by atoms with Crippen molar-refractivity contribution < 1.29 is 13.2 Å². The third kappa shape index (κ3) is 4.99. The van der Waals surface area contributed by atoms with Crippen LogP contribution in [0.5, 0.6) is 0 Å². The summed E-state index contributed by atoms with van der Waals surface area (Å²) in [6, 6.07) is 12.6. The second kappa shape index (κ2) is 8.38. The highest BCUT2D eigenvalue weighted by Gasteiger charge is 2.35.